The van der Waals surface area contributed by atoms with Crippen molar-refractivity contribution in [3.8, 4) is 5.75 Å². The summed E-state index contributed by atoms with van der Waals surface area (Å²) >= 11 is 1.44. The predicted molar refractivity (Wildman–Crippen MR) is 133 cm³/mol. The van der Waals surface area contributed by atoms with Crippen molar-refractivity contribution in [3.63, 3.8) is 0 Å². The van der Waals surface area contributed by atoms with Crippen molar-refractivity contribution in [1.29, 1.82) is 5.41 Å². The maximum atomic E-state index is 12.4. The topological polar surface area (TPSA) is 97.4 Å². The van der Waals surface area contributed by atoms with E-state index in [2.05, 4.69) is 12.2 Å². The Bertz CT molecular complexity index is 1250. The quantitative estimate of drug-likeness (QED) is 0.218. The number of fused-ring (bicyclic) bond motifs is 1. The lowest BCUT2D eigenvalue weighted by Gasteiger charge is -2.20. The van der Waals surface area contributed by atoms with E-state index < -0.39 is 12.2 Å². The molecule has 1 atom stereocenters. The number of aryl methyl sites for hydroxylation is 1. The highest BCUT2D eigenvalue weighted by atomic mass is 32.1. The van der Waals surface area contributed by atoms with Crippen LogP contribution in [0.2, 0.25) is 0 Å². The molecule has 0 spiro atoms. The number of nitrogen functional groups attached to an aromatic ring is 1. The Hall–Kier alpha value is -3.84. The SMILES string of the molecule is CCc1ccc(NC(=O)OCC(Oc2cccc3sc(C(=N)N)cc23)c2ccccc2)cc1. The highest BCUT2D eigenvalue weighted by molar-refractivity contribution is 7.20. The van der Waals surface area contributed by atoms with Gasteiger partial charge in [0.2, 0.25) is 0 Å². The summed E-state index contributed by atoms with van der Waals surface area (Å²) in [5.74, 6) is 0.665. The molecule has 0 saturated heterocycles. The number of carbonyl (C=O) groups excluding carboxylic acids is 1. The van der Waals surface area contributed by atoms with Gasteiger partial charge in [-0.25, -0.2) is 4.79 Å². The van der Waals surface area contributed by atoms with Crippen molar-refractivity contribution >= 4 is 39.0 Å². The second-order valence-electron chi connectivity index (χ2n) is 7.48. The molecule has 4 N–H and O–H groups in total. The number of anilines is 1. The summed E-state index contributed by atoms with van der Waals surface area (Å²) in [5.41, 5.74) is 8.43. The van der Waals surface area contributed by atoms with E-state index in [0.29, 0.717) is 16.3 Å². The smallest absolute Gasteiger partial charge is 0.411 e. The van der Waals surface area contributed by atoms with Crippen LogP contribution in [0.25, 0.3) is 10.1 Å². The van der Waals surface area contributed by atoms with Crippen molar-refractivity contribution in [2.45, 2.75) is 19.4 Å². The minimum absolute atomic E-state index is 0.0220. The number of ether oxygens (including phenoxy) is 2. The molecule has 0 radical (unpaired) electrons. The Morgan fingerprint density at radius 1 is 1.06 bits per heavy atom. The van der Waals surface area contributed by atoms with Gasteiger partial charge in [-0.15, -0.1) is 11.3 Å². The van der Waals surface area contributed by atoms with Crippen LogP contribution in [0.4, 0.5) is 10.5 Å². The van der Waals surface area contributed by atoms with Gasteiger partial charge in [-0.3, -0.25) is 10.7 Å². The molecule has 1 amide bonds. The van der Waals surface area contributed by atoms with Gasteiger partial charge in [-0.2, -0.15) is 0 Å². The third kappa shape index (κ3) is 5.51. The van der Waals surface area contributed by atoms with E-state index in [4.69, 9.17) is 20.6 Å². The maximum absolute atomic E-state index is 12.4. The second-order valence-corrected chi connectivity index (χ2v) is 8.57. The van der Waals surface area contributed by atoms with Crippen LogP contribution in [0, 0.1) is 5.41 Å². The monoisotopic (exact) mass is 459 g/mol. The van der Waals surface area contributed by atoms with E-state index in [-0.39, 0.29) is 12.4 Å². The first-order chi connectivity index (χ1) is 16.0. The number of carbonyl (C=O) groups is 1. The molecule has 0 aliphatic heterocycles. The van der Waals surface area contributed by atoms with Crippen molar-refractivity contribution in [3.05, 3.63) is 94.9 Å². The molecule has 4 aromatic rings. The number of benzene rings is 3. The van der Waals surface area contributed by atoms with E-state index in [1.165, 1.54) is 16.9 Å². The van der Waals surface area contributed by atoms with Gasteiger partial charge < -0.3 is 15.2 Å². The molecular weight excluding hydrogens is 434 g/mol. The summed E-state index contributed by atoms with van der Waals surface area (Å²) in [6, 6.07) is 24.9. The van der Waals surface area contributed by atoms with Crippen molar-refractivity contribution < 1.29 is 14.3 Å². The standard InChI is InChI=1S/C26H25N3O3S/c1-2-17-11-13-19(14-12-17)29-26(30)31-16-22(18-7-4-3-5-8-18)32-21-9-6-10-23-20(21)15-24(33-23)25(27)28/h3-15,22H,2,16H2,1H3,(H3,27,28)(H,29,30). The fourth-order valence-electron chi connectivity index (χ4n) is 3.42. The van der Waals surface area contributed by atoms with Crippen LogP contribution in [0.1, 0.15) is 29.0 Å². The number of rotatable bonds is 8. The van der Waals surface area contributed by atoms with Gasteiger partial charge in [0, 0.05) is 15.8 Å². The van der Waals surface area contributed by atoms with Gasteiger partial charge in [0.15, 0.2) is 6.10 Å². The number of hydrogen-bond acceptors (Lipinski definition) is 5. The molecule has 1 unspecified atom stereocenters. The van der Waals surface area contributed by atoms with Crippen LogP contribution >= 0.6 is 11.3 Å². The molecule has 168 valence electrons. The van der Waals surface area contributed by atoms with Crippen LogP contribution < -0.4 is 15.8 Å². The lowest BCUT2D eigenvalue weighted by atomic mass is 10.1. The van der Waals surface area contributed by atoms with Gasteiger partial charge in [0.1, 0.15) is 18.2 Å². The Labute approximate surface area is 196 Å². The molecule has 1 heterocycles. The van der Waals surface area contributed by atoms with Crippen molar-refractivity contribution in [2.75, 3.05) is 11.9 Å². The summed E-state index contributed by atoms with van der Waals surface area (Å²) in [4.78, 5) is 13.1. The first-order valence-electron chi connectivity index (χ1n) is 10.6. The molecule has 1 aromatic heterocycles. The number of amidine groups is 1. The van der Waals surface area contributed by atoms with Gasteiger partial charge in [0.05, 0.1) is 4.88 Å². The molecule has 3 aromatic carbocycles. The minimum Gasteiger partial charge on any atom is -0.481 e. The normalized spacial score (nSPS) is 11.7. The summed E-state index contributed by atoms with van der Waals surface area (Å²) in [5, 5.41) is 11.4. The Kier molecular flexibility index (Phi) is 6.90. The first-order valence-corrected chi connectivity index (χ1v) is 11.5. The third-order valence-electron chi connectivity index (χ3n) is 5.20. The van der Waals surface area contributed by atoms with E-state index in [0.717, 1.165) is 22.1 Å². The van der Waals surface area contributed by atoms with E-state index >= 15 is 0 Å². The third-order valence-corrected chi connectivity index (χ3v) is 6.34. The van der Waals surface area contributed by atoms with Crippen molar-refractivity contribution in [2.24, 2.45) is 5.73 Å². The van der Waals surface area contributed by atoms with E-state index in [1.54, 1.807) is 0 Å². The molecular formula is C26H25N3O3S. The number of hydrogen-bond donors (Lipinski definition) is 3. The number of nitrogens with two attached hydrogens (primary N) is 1. The number of nitrogens with one attached hydrogen (secondary N) is 2. The summed E-state index contributed by atoms with van der Waals surface area (Å²) in [6.07, 6.45) is -0.118. The fraction of sp³-hybridized carbons (Fsp3) is 0.154. The van der Waals surface area contributed by atoms with Crippen LogP contribution in [0.3, 0.4) is 0 Å². The second kappa shape index (κ2) is 10.2. The minimum atomic E-state index is -0.545. The highest BCUT2D eigenvalue weighted by Crippen LogP contribution is 2.35. The van der Waals surface area contributed by atoms with E-state index in [1.807, 2.05) is 78.9 Å². The summed E-state index contributed by atoms with van der Waals surface area (Å²) in [6.45, 7) is 2.11. The van der Waals surface area contributed by atoms with Crippen LogP contribution in [-0.2, 0) is 11.2 Å². The molecule has 0 aliphatic rings. The van der Waals surface area contributed by atoms with Crippen LogP contribution in [0.5, 0.6) is 5.75 Å². The average Bonchev–Trinajstić information content (AvgIpc) is 3.28. The zero-order chi connectivity index (χ0) is 23.2. The van der Waals surface area contributed by atoms with Crippen LogP contribution in [-0.4, -0.2) is 18.5 Å². The molecule has 33 heavy (non-hydrogen) atoms. The molecule has 6 nitrogen and oxygen atoms in total. The molecule has 0 aliphatic carbocycles. The average molecular weight is 460 g/mol. The molecule has 0 saturated carbocycles. The molecule has 0 bridgehead atoms. The predicted octanol–water partition coefficient (Wildman–Crippen LogP) is 6.12. The zero-order valence-corrected chi connectivity index (χ0v) is 19.0. The van der Waals surface area contributed by atoms with E-state index in [9.17, 15) is 4.79 Å². The summed E-state index contributed by atoms with van der Waals surface area (Å²) in [7, 11) is 0. The van der Waals surface area contributed by atoms with Gasteiger partial charge >= 0.3 is 6.09 Å². The van der Waals surface area contributed by atoms with Crippen molar-refractivity contribution in [1.82, 2.24) is 0 Å². The largest absolute Gasteiger partial charge is 0.481 e. The molecule has 0 fully saturated rings. The molecule has 4 rings (SSSR count). The highest BCUT2D eigenvalue weighted by Gasteiger charge is 2.19. The van der Waals surface area contributed by atoms with Gasteiger partial charge in [0.25, 0.3) is 0 Å². The molecule has 7 heteroatoms. The lowest BCUT2D eigenvalue weighted by molar-refractivity contribution is 0.0910. The Morgan fingerprint density at radius 2 is 1.82 bits per heavy atom. The lowest BCUT2D eigenvalue weighted by Crippen LogP contribution is -2.21. The van der Waals surface area contributed by atoms with Gasteiger partial charge in [-0.05, 0) is 47.9 Å². The Morgan fingerprint density at radius 3 is 2.52 bits per heavy atom. The van der Waals surface area contributed by atoms with Gasteiger partial charge in [-0.1, -0.05) is 55.5 Å². The number of amides is 1. The zero-order valence-electron chi connectivity index (χ0n) is 18.2. The number of thiophene rings is 1. The Balaban J connectivity index is 1.51. The maximum Gasteiger partial charge on any atom is 0.411 e. The summed E-state index contributed by atoms with van der Waals surface area (Å²) < 4.78 is 12.8. The fourth-order valence-corrected chi connectivity index (χ4v) is 4.36. The first kappa shape index (κ1) is 22.4. The van der Waals surface area contributed by atoms with Crippen LogP contribution in [0.15, 0.2) is 78.9 Å².